The van der Waals surface area contributed by atoms with Gasteiger partial charge in [0, 0.05) is 12.8 Å². The molecule has 0 unspecified atom stereocenters. The normalized spacial score (nSPS) is 12.5. The summed E-state index contributed by atoms with van der Waals surface area (Å²) in [5.41, 5.74) is 0. The predicted octanol–water partition coefficient (Wildman–Crippen LogP) is 13.0. The van der Waals surface area contributed by atoms with Crippen LogP contribution in [-0.4, -0.2) is 41.0 Å². The molecule has 0 heterocycles. The zero-order valence-corrected chi connectivity index (χ0v) is 34.2. The van der Waals surface area contributed by atoms with Crippen LogP contribution in [0, 0.1) is 0 Å². The molecule has 0 rings (SSSR count). The molecule has 0 bridgehead atoms. The molecule has 0 amide bonds. The number of allylic oxidation sites excluding steroid dienone is 2. The monoisotopic (exact) mass is 745 g/mol. The maximum Gasteiger partial charge on any atom is 0.469 e. The summed E-state index contributed by atoms with van der Waals surface area (Å²) in [6.45, 7) is 3.70. The Morgan fingerprint density at radius 2 is 0.824 bits per heavy atom. The Morgan fingerprint density at radius 3 is 1.20 bits per heavy atom. The number of rotatable bonds is 40. The first-order valence-corrected chi connectivity index (χ1v) is 23.0. The van der Waals surface area contributed by atoms with Crippen LogP contribution in [0.15, 0.2) is 12.2 Å². The predicted molar refractivity (Wildman–Crippen MR) is 212 cm³/mol. The smallest absolute Gasteiger partial charge is 0.462 e. The summed E-state index contributed by atoms with van der Waals surface area (Å²) in [4.78, 5) is 42.8. The molecule has 0 spiro atoms. The first kappa shape index (κ1) is 49.8. The van der Waals surface area contributed by atoms with Crippen molar-refractivity contribution < 1.29 is 37.9 Å². The van der Waals surface area contributed by atoms with Gasteiger partial charge in [-0.2, -0.15) is 0 Å². The number of esters is 2. The van der Waals surface area contributed by atoms with Crippen LogP contribution < -0.4 is 0 Å². The van der Waals surface area contributed by atoms with E-state index >= 15 is 0 Å². The first-order chi connectivity index (χ1) is 24.8. The van der Waals surface area contributed by atoms with Crippen LogP contribution in [0.3, 0.4) is 0 Å². The number of hydrogen-bond acceptors (Lipinski definition) is 6. The van der Waals surface area contributed by atoms with Crippen molar-refractivity contribution in [2.45, 2.75) is 232 Å². The molecule has 0 aliphatic rings. The fraction of sp³-hybridized carbons (Fsp3) is 0.905. The second-order valence-corrected chi connectivity index (χ2v) is 15.9. The quantitative estimate of drug-likeness (QED) is 0.0275. The average molecular weight is 745 g/mol. The molecule has 302 valence electrons. The standard InChI is InChI=1S/C42H81O8P/c1-3-5-7-9-11-13-15-17-18-19-20-21-22-23-24-25-27-29-31-33-35-37-42(44)50-40(39-49-51(45,46)47)38-48-41(43)36-34-32-30-28-26-16-14-12-10-8-6-4-2/h17-18,40H,3-16,19-39H2,1-2H3,(H2,45,46,47)/b18-17+/t40-/m1/s1. The van der Waals surface area contributed by atoms with Gasteiger partial charge in [0.25, 0.3) is 0 Å². The van der Waals surface area contributed by atoms with E-state index in [1.807, 2.05) is 0 Å². The Morgan fingerprint density at radius 1 is 0.490 bits per heavy atom. The van der Waals surface area contributed by atoms with Gasteiger partial charge in [0.1, 0.15) is 6.61 Å². The highest BCUT2D eigenvalue weighted by molar-refractivity contribution is 7.46. The highest BCUT2D eigenvalue weighted by atomic mass is 31.2. The van der Waals surface area contributed by atoms with E-state index in [0.29, 0.717) is 6.42 Å². The third-order valence-corrected chi connectivity index (χ3v) is 10.0. The van der Waals surface area contributed by atoms with Crippen molar-refractivity contribution in [1.82, 2.24) is 0 Å². The van der Waals surface area contributed by atoms with Gasteiger partial charge in [-0.3, -0.25) is 14.1 Å². The molecule has 8 nitrogen and oxygen atoms in total. The van der Waals surface area contributed by atoms with Gasteiger partial charge in [-0.15, -0.1) is 0 Å². The number of hydrogen-bond donors (Lipinski definition) is 2. The topological polar surface area (TPSA) is 119 Å². The Labute approximate surface area is 314 Å². The van der Waals surface area contributed by atoms with Crippen molar-refractivity contribution in [1.29, 1.82) is 0 Å². The van der Waals surface area contributed by atoms with Gasteiger partial charge >= 0.3 is 19.8 Å². The third-order valence-electron chi connectivity index (χ3n) is 9.53. The molecule has 0 radical (unpaired) electrons. The van der Waals surface area contributed by atoms with E-state index in [-0.39, 0.29) is 19.4 Å². The van der Waals surface area contributed by atoms with Crippen LogP contribution >= 0.6 is 7.82 Å². The lowest BCUT2D eigenvalue weighted by Crippen LogP contribution is -2.29. The highest BCUT2D eigenvalue weighted by Gasteiger charge is 2.22. The van der Waals surface area contributed by atoms with Crippen LogP contribution in [-0.2, 0) is 28.2 Å². The molecular formula is C42H81O8P. The van der Waals surface area contributed by atoms with Crippen molar-refractivity contribution >= 4 is 19.8 Å². The number of carbonyl (C=O) groups is 2. The third kappa shape index (κ3) is 41.4. The molecule has 9 heteroatoms. The molecule has 0 fully saturated rings. The van der Waals surface area contributed by atoms with E-state index in [9.17, 15) is 14.2 Å². The SMILES string of the molecule is CCCCCCCC/C=C/CCCCCCCCCCCCCC(=O)O[C@H](COC(=O)CCCCCCCCCCCCCC)COP(=O)(O)O. The second kappa shape index (κ2) is 38.5. The summed E-state index contributed by atoms with van der Waals surface area (Å²) in [6.07, 6.45) is 42.2. The lowest BCUT2D eigenvalue weighted by molar-refractivity contribution is -0.161. The summed E-state index contributed by atoms with van der Waals surface area (Å²) in [7, 11) is -4.75. The maximum absolute atomic E-state index is 12.4. The van der Waals surface area contributed by atoms with Crippen molar-refractivity contribution in [3.8, 4) is 0 Å². The molecule has 0 aliphatic carbocycles. The molecule has 0 aromatic carbocycles. The van der Waals surface area contributed by atoms with Crippen LogP contribution in [0.2, 0.25) is 0 Å². The molecule has 51 heavy (non-hydrogen) atoms. The molecule has 0 aromatic heterocycles. The van der Waals surface area contributed by atoms with Crippen LogP contribution in [0.1, 0.15) is 226 Å². The number of phosphoric ester groups is 1. The van der Waals surface area contributed by atoms with E-state index in [4.69, 9.17) is 19.3 Å². The average Bonchev–Trinajstić information content (AvgIpc) is 3.10. The van der Waals surface area contributed by atoms with E-state index in [0.717, 1.165) is 38.5 Å². The highest BCUT2D eigenvalue weighted by Crippen LogP contribution is 2.36. The van der Waals surface area contributed by atoms with Gasteiger partial charge in [0.2, 0.25) is 0 Å². The summed E-state index contributed by atoms with van der Waals surface area (Å²) in [5.74, 6) is -0.874. The van der Waals surface area contributed by atoms with E-state index in [1.54, 1.807) is 0 Å². The van der Waals surface area contributed by atoms with Crippen molar-refractivity contribution in [2.24, 2.45) is 0 Å². The van der Waals surface area contributed by atoms with E-state index in [2.05, 4.69) is 30.5 Å². The van der Waals surface area contributed by atoms with Crippen LogP contribution in [0.5, 0.6) is 0 Å². The molecular weight excluding hydrogens is 663 g/mol. The fourth-order valence-electron chi connectivity index (χ4n) is 6.31. The lowest BCUT2D eigenvalue weighted by atomic mass is 10.0. The minimum atomic E-state index is -4.75. The van der Waals surface area contributed by atoms with Crippen LogP contribution in [0.25, 0.3) is 0 Å². The zero-order chi connectivity index (χ0) is 37.5. The van der Waals surface area contributed by atoms with Gasteiger partial charge in [-0.25, -0.2) is 4.57 Å². The number of ether oxygens (including phenoxy) is 2. The summed E-state index contributed by atoms with van der Waals surface area (Å²) >= 11 is 0. The summed E-state index contributed by atoms with van der Waals surface area (Å²) in [5, 5.41) is 0. The van der Waals surface area contributed by atoms with E-state index in [1.165, 1.54) is 154 Å². The molecule has 2 N–H and O–H groups in total. The Kier molecular flexibility index (Phi) is 37.6. The van der Waals surface area contributed by atoms with Crippen molar-refractivity contribution in [3.05, 3.63) is 12.2 Å². The minimum absolute atomic E-state index is 0.216. The largest absolute Gasteiger partial charge is 0.469 e. The van der Waals surface area contributed by atoms with Gasteiger partial charge in [0.15, 0.2) is 6.10 Å². The molecule has 0 aliphatic heterocycles. The van der Waals surface area contributed by atoms with Crippen molar-refractivity contribution in [2.75, 3.05) is 13.2 Å². The minimum Gasteiger partial charge on any atom is -0.462 e. The van der Waals surface area contributed by atoms with Gasteiger partial charge in [-0.1, -0.05) is 187 Å². The molecule has 1 atom stereocenters. The summed E-state index contributed by atoms with van der Waals surface area (Å²) < 4.78 is 26.4. The first-order valence-electron chi connectivity index (χ1n) is 21.5. The molecule has 0 saturated carbocycles. The fourth-order valence-corrected chi connectivity index (χ4v) is 6.67. The Balaban J connectivity index is 3.84. The van der Waals surface area contributed by atoms with Crippen LogP contribution in [0.4, 0.5) is 0 Å². The maximum atomic E-state index is 12.4. The molecule has 0 aromatic rings. The number of phosphoric acid groups is 1. The lowest BCUT2D eigenvalue weighted by Gasteiger charge is -2.18. The van der Waals surface area contributed by atoms with E-state index < -0.39 is 32.5 Å². The Hall–Kier alpha value is -1.21. The number of unbranched alkanes of at least 4 members (excludes halogenated alkanes) is 28. The van der Waals surface area contributed by atoms with Gasteiger partial charge in [0.05, 0.1) is 6.61 Å². The van der Waals surface area contributed by atoms with Gasteiger partial charge in [-0.05, 0) is 38.5 Å². The van der Waals surface area contributed by atoms with Crippen molar-refractivity contribution in [3.63, 3.8) is 0 Å². The molecule has 0 saturated heterocycles. The zero-order valence-electron chi connectivity index (χ0n) is 33.3. The second-order valence-electron chi connectivity index (χ2n) is 14.7. The summed E-state index contributed by atoms with van der Waals surface area (Å²) in [6, 6.07) is 0. The number of carbonyl (C=O) groups excluding carboxylic acids is 2. The van der Waals surface area contributed by atoms with Gasteiger partial charge < -0.3 is 19.3 Å². The Bertz CT molecular complexity index is 843.